The fraction of sp³-hybridized carbons (Fsp3) is 0.0667. The first-order chi connectivity index (χ1) is 9.20. The molecule has 0 aliphatic carbocycles. The first kappa shape index (κ1) is 12.0. The Morgan fingerprint density at radius 2 is 2.00 bits per heavy atom. The number of hydrogen-bond acceptors (Lipinski definition) is 3. The van der Waals surface area contributed by atoms with Gasteiger partial charge in [-0.1, -0.05) is 0 Å². The van der Waals surface area contributed by atoms with Gasteiger partial charge in [-0.25, -0.2) is 4.39 Å². The third-order valence-electron chi connectivity index (χ3n) is 2.89. The van der Waals surface area contributed by atoms with E-state index in [1.807, 2.05) is 6.07 Å². The predicted octanol–water partition coefficient (Wildman–Crippen LogP) is 4.36. The summed E-state index contributed by atoms with van der Waals surface area (Å²) < 4.78 is 14.4. The van der Waals surface area contributed by atoms with Crippen molar-refractivity contribution in [3.05, 3.63) is 59.2 Å². The molecule has 0 saturated heterocycles. The molecule has 0 bridgehead atoms. The summed E-state index contributed by atoms with van der Waals surface area (Å²) in [5.74, 6) is -0.477. The van der Waals surface area contributed by atoms with Crippen LogP contribution < -0.4 is 5.32 Å². The van der Waals surface area contributed by atoms with Gasteiger partial charge in [0.1, 0.15) is 11.6 Å². The fourth-order valence-electron chi connectivity index (χ4n) is 2.02. The molecule has 0 atom stereocenters. The molecule has 0 aliphatic rings. The third-order valence-corrected chi connectivity index (χ3v) is 3.79. The average Bonchev–Trinajstić information content (AvgIpc) is 2.82. The Bertz CT molecular complexity index is 703. The number of nitrogens with one attached hydrogen (secondary N) is 1. The number of phenolic OH excluding ortho intramolecular Hbond substituents is 1. The molecule has 0 amide bonds. The van der Waals surface area contributed by atoms with E-state index in [1.165, 1.54) is 16.2 Å². The number of hydrogen-bond donors (Lipinski definition) is 2. The van der Waals surface area contributed by atoms with Crippen LogP contribution in [0.15, 0.2) is 47.8 Å². The number of phenols is 1. The van der Waals surface area contributed by atoms with E-state index in [1.54, 1.807) is 17.4 Å². The number of aromatic hydroxyl groups is 1. The lowest BCUT2D eigenvalue weighted by Gasteiger charge is -2.07. The van der Waals surface area contributed by atoms with E-state index in [4.69, 9.17) is 0 Å². The summed E-state index contributed by atoms with van der Waals surface area (Å²) in [5, 5.41) is 15.8. The molecule has 0 saturated carbocycles. The maximum atomic E-state index is 13.1. The standard InChI is InChI=1S/C15H12FNOS/c16-12-5-10(6-14(18)8-12)9-17-13-1-2-15-11(7-13)3-4-19-15/h1-8,17-18H,9H2. The lowest BCUT2D eigenvalue weighted by molar-refractivity contribution is 0.468. The SMILES string of the molecule is Oc1cc(F)cc(CNc2ccc3sccc3c2)c1. The van der Waals surface area contributed by atoms with Gasteiger partial charge in [-0.15, -0.1) is 11.3 Å². The molecule has 0 fully saturated rings. The van der Waals surface area contributed by atoms with Crippen molar-refractivity contribution in [2.45, 2.75) is 6.54 Å². The predicted molar refractivity (Wildman–Crippen MR) is 77.2 cm³/mol. The van der Waals surface area contributed by atoms with Gasteiger partial charge in [-0.2, -0.15) is 0 Å². The Hall–Kier alpha value is -2.07. The van der Waals surface area contributed by atoms with Gasteiger partial charge in [0.2, 0.25) is 0 Å². The van der Waals surface area contributed by atoms with Crippen LogP contribution in [-0.4, -0.2) is 5.11 Å². The monoisotopic (exact) mass is 273 g/mol. The minimum absolute atomic E-state index is 0.0508. The van der Waals surface area contributed by atoms with Crippen LogP contribution in [0.3, 0.4) is 0 Å². The summed E-state index contributed by atoms with van der Waals surface area (Å²) in [6.07, 6.45) is 0. The first-order valence-corrected chi connectivity index (χ1v) is 6.78. The van der Waals surface area contributed by atoms with E-state index < -0.39 is 5.82 Å². The second-order valence-corrected chi connectivity index (χ2v) is 5.29. The van der Waals surface area contributed by atoms with Crippen molar-refractivity contribution < 1.29 is 9.50 Å². The Morgan fingerprint density at radius 1 is 1.11 bits per heavy atom. The summed E-state index contributed by atoms with van der Waals surface area (Å²) in [7, 11) is 0. The van der Waals surface area contributed by atoms with Crippen LogP contribution in [0.4, 0.5) is 10.1 Å². The summed E-state index contributed by atoms with van der Waals surface area (Å²) in [5.41, 5.74) is 1.69. The van der Waals surface area contributed by atoms with Gasteiger partial charge < -0.3 is 10.4 Å². The minimum Gasteiger partial charge on any atom is -0.508 e. The van der Waals surface area contributed by atoms with Crippen molar-refractivity contribution >= 4 is 27.1 Å². The smallest absolute Gasteiger partial charge is 0.127 e. The lowest BCUT2D eigenvalue weighted by atomic mass is 10.2. The second-order valence-electron chi connectivity index (χ2n) is 4.34. The molecule has 0 unspecified atom stereocenters. The lowest BCUT2D eigenvalue weighted by Crippen LogP contribution is -1.99. The highest BCUT2D eigenvalue weighted by Gasteiger charge is 2.01. The molecule has 2 N–H and O–H groups in total. The van der Waals surface area contributed by atoms with Gasteiger partial charge >= 0.3 is 0 Å². The molecule has 1 aromatic heterocycles. The van der Waals surface area contributed by atoms with Gasteiger partial charge in [0.25, 0.3) is 0 Å². The van der Waals surface area contributed by atoms with Crippen molar-refractivity contribution in [2.24, 2.45) is 0 Å². The van der Waals surface area contributed by atoms with Crippen LogP contribution in [0.5, 0.6) is 5.75 Å². The maximum Gasteiger partial charge on any atom is 0.127 e. The zero-order valence-corrected chi connectivity index (χ0v) is 10.9. The molecule has 0 spiro atoms. The highest BCUT2D eigenvalue weighted by atomic mass is 32.1. The van der Waals surface area contributed by atoms with Crippen molar-refractivity contribution in [3.63, 3.8) is 0 Å². The molecule has 96 valence electrons. The largest absolute Gasteiger partial charge is 0.508 e. The number of benzene rings is 2. The third kappa shape index (κ3) is 2.69. The van der Waals surface area contributed by atoms with Crippen LogP contribution in [0, 0.1) is 5.82 Å². The molecular formula is C15H12FNOS. The molecule has 2 nitrogen and oxygen atoms in total. The Balaban J connectivity index is 1.77. The molecular weight excluding hydrogens is 261 g/mol. The Labute approximate surface area is 114 Å². The normalized spacial score (nSPS) is 10.8. The number of anilines is 1. The molecule has 0 aliphatic heterocycles. The second kappa shape index (κ2) is 4.90. The Morgan fingerprint density at radius 3 is 2.84 bits per heavy atom. The van der Waals surface area contributed by atoms with Gasteiger partial charge in [-0.3, -0.25) is 0 Å². The molecule has 0 radical (unpaired) electrons. The fourth-order valence-corrected chi connectivity index (χ4v) is 2.79. The van der Waals surface area contributed by atoms with Crippen molar-refractivity contribution in [1.82, 2.24) is 0 Å². The summed E-state index contributed by atoms with van der Waals surface area (Å²) in [4.78, 5) is 0. The molecule has 19 heavy (non-hydrogen) atoms. The van der Waals surface area contributed by atoms with Crippen molar-refractivity contribution in [3.8, 4) is 5.75 Å². The molecule has 4 heteroatoms. The molecule has 3 rings (SSSR count). The van der Waals surface area contributed by atoms with Gasteiger partial charge in [0.15, 0.2) is 0 Å². The average molecular weight is 273 g/mol. The minimum atomic E-state index is -0.426. The van der Waals surface area contributed by atoms with E-state index in [9.17, 15) is 9.50 Å². The highest BCUT2D eigenvalue weighted by Crippen LogP contribution is 2.24. The number of rotatable bonds is 3. The van der Waals surface area contributed by atoms with Crippen molar-refractivity contribution in [2.75, 3.05) is 5.32 Å². The number of fused-ring (bicyclic) bond motifs is 1. The first-order valence-electron chi connectivity index (χ1n) is 5.90. The summed E-state index contributed by atoms with van der Waals surface area (Å²) in [6, 6.07) is 12.3. The number of thiophene rings is 1. The van der Waals surface area contributed by atoms with Gasteiger partial charge in [0, 0.05) is 23.0 Å². The quantitative estimate of drug-likeness (QED) is 0.743. The maximum absolute atomic E-state index is 13.1. The molecule has 2 aromatic carbocycles. The zero-order chi connectivity index (χ0) is 13.2. The Kier molecular flexibility index (Phi) is 3.09. The summed E-state index contributed by atoms with van der Waals surface area (Å²) >= 11 is 1.70. The van der Waals surface area contributed by atoms with Crippen molar-refractivity contribution in [1.29, 1.82) is 0 Å². The molecule has 3 aromatic rings. The van der Waals surface area contributed by atoms with E-state index >= 15 is 0 Å². The zero-order valence-electron chi connectivity index (χ0n) is 10.1. The van der Waals surface area contributed by atoms with Gasteiger partial charge in [0.05, 0.1) is 0 Å². The number of halogens is 1. The molecule has 1 heterocycles. The summed E-state index contributed by atoms with van der Waals surface area (Å²) in [6.45, 7) is 0.473. The van der Waals surface area contributed by atoms with Crippen LogP contribution in [0.1, 0.15) is 5.56 Å². The van der Waals surface area contributed by atoms with E-state index in [0.717, 1.165) is 11.8 Å². The van der Waals surface area contributed by atoms with Crippen LogP contribution in [0.25, 0.3) is 10.1 Å². The van der Waals surface area contributed by atoms with E-state index in [0.29, 0.717) is 12.1 Å². The van der Waals surface area contributed by atoms with E-state index in [-0.39, 0.29) is 5.75 Å². The van der Waals surface area contributed by atoms with Crippen LogP contribution in [0.2, 0.25) is 0 Å². The van der Waals surface area contributed by atoms with Gasteiger partial charge in [-0.05, 0) is 52.7 Å². The topological polar surface area (TPSA) is 32.3 Å². The van der Waals surface area contributed by atoms with Crippen LogP contribution >= 0.6 is 11.3 Å². The highest BCUT2D eigenvalue weighted by molar-refractivity contribution is 7.17. The van der Waals surface area contributed by atoms with E-state index in [2.05, 4.69) is 28.9 Å². The van der Waals surface area contributed by atoms with Crippen LogP contribution in [-0.2, 0) is 6.54 Å².